The SMILES string of the molecule is CC1(C)CCCC(N2CCc3sccc3C2C(=O)O)CC1. The molecular formula is C17H25NO2S. The summed E-state index contributed by atoms with van der Waals surface area (Å²) in [6, 6.07) is 2.03. The van der Waals surface area contributed by atoms with Crippen molar-refractivity contribution < 1.29 is 9.90 Å². The zero-order chi connectivity index (χ0) is 15.0. The van der Waals surface area contributed by atoms with Gasteiger partial charge in [-0.2, -0.15) is 0 Å². The molecule has 1 aromatic rings. The molecule has 0 bridgehead atoms. The Labute approximate surface area is 131 Å². The Hall–Kier alpha value is -0.870. The molecule has 3 nitrogen and oxygen atoms in total. The van der Waals surface area contributed by atoms with Crippen LogP contribution >= 0.6 is 11.3 Å². The van der Waals surface area contributed by atoms with Gasteiger partial charge in [0.2, 0.25) is 0 Å². The second kappa shape index (κ2) is 5.73. The van der Waals surface area contributed by atoms with Crippen LogP contribution in [0.2, 0.25) is 0 Å². The second-order valence-corrected chi connectivity index (χ2v) is 8.28. The lowest BCUT2D eigenvalue weighted by atomic mass is 9.85. The summed E-state index contributed by atoms with van der Waals surface area (Å²) >= 11 is 1.71. The van der Waals surface area contributed by atoms with Gasteiger partial charge in [-0.3, -0.25) is 9.69 Å². The third-order valence-corrected chi connectivity index (χ3v) is 6.25. The molecule has 2 unspecified atom stereocenters. The van der Waals surface area contributed by atoms with Gasteiger partial charge in [-0.15, -0.1) is 11.3 Å². The van der Waals surface area contributed by atoms with Gasteiger partial charge >= 0.3 is 5.97 Å². The van der Waals surface area contributed by atoms with Crippen LogP contribution in [0.3, 0.4) is 0 Å². The highest BCUT2D eigenvalue weighted by molar-refractivity contribution is 7.10. The van der Waals surface area contributed by atoms with E-state index >= 15 is 0 Å². The number of nitrogens with zero attached hydrogens (tertiary/aromatic N) is 1. The number of thiophene rings is 1. The van der Waals surface area contributed by atoms with Crippen molar-refractivity contribution >= 4 is 17.3 Å². The predicted molar refractivity (Wildman–Crippen MR) is 85.8 cm³/mol. The van der Waals surface area contributed by atoms with Gasteiger partial charge in [0.15, 0.2) is 0 Å². The molecule has 21 heavy (non-hydrogen) atoms. The summed E-state index contributed by atoms with van der Waals surface area (Å²) in [5.41, 5.74) is 1.46. The van der Waals surface area contributed by atoms with Crippen molar-refractivity contribution in [1.82, 2.24) is 4.90 Å². The average Bonchev–Trinajstić information content (AvgIpc) is 2.81. The Morgan fingerprint density at radius 3 is 2.95 bits per heavy atom. The fourth-order valence-electron chi connectivity index (χ4n) is 3.98. The van der Waals surface area contributed by atoms with Crippen LogP contribution in [-0.2, 0) is 11.2 Å². The van der Waals surface area contributed by atoms with E-state index in [9.17, 15) is 9.90 Å². The first-order chi connectivity index (χ1) is 9.98. The first-order valence-electron chi connectivity index (χ1n) is 8.03. The van der Waals surface area contributed by atoms with E-state index in [-0.39, 0.29) is 0 Å². The summed E-state index contributed by atoms with van der Waals surface area (Å²) in [5, 5.41) is 11.8. The van der Waals surface area contributed by atoms with Crippen molar-refractivity contribution in [2.75, 3.05) is 6.54 Å². The number of hydrogen-bond donors (Lipinski definition) is 1. The van der Waals surface area contributed by atoms with Crippen molar-refractivity contribution in [3.8, 4) is 0 Å². The summed E-state index contributed by atoms with van der Waals surface area (Å²) < 4.78 is 0. The van der Waals surface area contributed by atoms with Crippen molar-refractivity contribution in [2.24, 2.45) is 5.41 Å². The van der Waals surface area contributed by atoms with Gasteiger partial charge in [-0.1, -0.05) is 20.3 Å². The summed E-state index contributed by atoms with van der Waals surface area (Å²) in [7, 11) is 0. The minimum atomic E-state index is -0.683. The van der Waals surface area contributed by atoms with Crippen LogP contribution in [0, 0.1) is 5.41 Å². The molecule has 1 aromatic heterocycles. The van der Waals surface area contributed by atoms with Crippen LogP contribution in [0.25, 0.3) is 0 Å². The van der Waals surface area contributed by atoms with E-state index in [1.807, 2.05) is 11.4 Å². The molecule has 2 aliphatic rings. The van der Waals surface area contributed by atoms with Gasteiger partial charge in [-0.25, -0.2) is 0 Å². The minimum Gasteiger partial charge on any atom is -0.480 e. The van der Waals surface area contributed by atoms with Crippen LogP contribution in [0.4, 0.5) is 0 Å². The van der Waals surface area contributed by atoms with E-state index in [0.717, 1.165) is 31.4 Å². The topological polar surface area (TPSA) is 40.5 Å². The Morgan fingerprint density at radius 2 is 2.19 bits per heavy atom. The molecule has 1 fully saturated rings. The average molecular weight is 307 g/mol. The molecular weight excluding hydrogens is 282 g/mol. The lowest BCUT2D eigenvalue weighted by Crippen LogP contribution is -2.45. The number of hydrogen-bond acceptors (Lipinski definition) is 3. The van der Waals surface area contributed by atoms with E-state index in [0.29, 0.717) is 11.5 Å². The summed E-state index contributed by atoms with van der Waals surface area (Å²) in [6.45, 7) is 5.59. The van der Waals surface area contributed by atoms with Crippen molar-refractivity contribution in [3.63, 3.8) is 0 Å². The van der Waals surface area contributed by atoms with Crippen LogP contribution in [0.5, 0.6) is 0 Å². The van der Waals surface area contributed by atoms with Crippen LogP contribution < -0.4 is 0 Å². The molecule has 1 aliphatic heterocycles. The Morgan fingerprint density at radius 1 is 1.38 bits per heavy atom. The zero-order valence-corrected chi connectivity index (χ0v) is 13.8. The van der Waals surface area contributed by atoms with Gasteiger partial charge < -0.3 is 5.11 Å². The van der Waals surface area contributed by atoms with E-state index in [4.69, 9.17) is 0 Å². The summed E-state index contributed by atoms with van der Waals surface area (Å²) in [5.74, 6) is -0.683. The predicted octanol–water partition coefficient (Wildman–Crippen LogP) is 4.09. The normalized spacial score (nSPS) is 29.6. The van der Waals surface area contributed by atoms with Crippen LogP contribution in [0.15, 0.2) is 11.4 Å². The fourth-order valence-corrected chi connectivity index (χ4v) is 4.88. The maximum atomic E-state index is 11.8. The highest BCUT2D eigenvalue weighted by atomic mass is 32.1. The Bertz CT molecular complexity index is 523. The second-order valence-electron chi connectivity index (χ2n) is 7.28. The third kappa shape index (κ3) is 3.02. The largest absolute Gasteiger partial charge is 0.480 e. The van der Waals surface area contributed by atoms with E-state index < -0.39 is 12.0 Å². The molecule has 1 aliphatic carbocycles. The molecule has 0 saturated heterocycles. The van der Waals surface area contributed by atoms with Crippen LogP contribution in [0.1, 0.15) is 62.4 Å². The Balaban J connectivity index is 1.83. The van der Waals surface area contributed by atoms with Gasteiger partial charge in [0.25, 0.3) is 0 Å². The fraction of sp³-hybridized carbons (Fsp3) is 0.706. The quantitative estimate of drug-likeness (QED) is 0.837. The van der Waals surface area contributed by atoms with E-state index in [2.05, 4.69) is 18.7 Å². The van der Waals surface area contributed by atoms with Gasteiger partial charge in [-0.05, 0) is 54.5 Å². The van der Waals surface area contributed by atoms with Gasteiger partial charge in [0, 0.05) is 17.5 Å². The monoisotopic (exact) mass is 307 g/mol. The lowest BCUT2D eigenvalue weighted by molar-refractivity contribution is -0.145. The highest BCUT2D eigenvalue weighted by Crippen LogP contribution is 2.40. The number of carboxylic acid groups (broad SMARTS) is 1. The molecule has 4 heteroatoms. The number of carbonyl (C=O) groups is 1. The zero-order valence-electron chi connectivity index (χ0n) is 13.0. The first-order valence-corrected chi connectivity index (χ1v) is 8.91. The van der Waals surface area contributed by atoms with Crippen molar-refractivity contribution in [2.45, 2.75) is 64.5 Å². The smallest absolute Gasteiger partial charge is 0.325 e. The third-order valence-electron chi connectivity index (χ3n) is 5.25. The van der Waals surface area contributed by atoms with Gasteiger partial charge in [0.1, 0.15) is 6.04 Å². The number of aliphatic carboxylic acids is 1. The van der Waals surface area contributed by atoms with Crippen molar-refractivity contribution in [3.05, 3.63) is 21.9 Å². The molecule has 116 valence electrons. The molecule has 1 N–H and O–H groups in total. The molecule has 2 atom stereocenters. The standard InChI is InChI=1S/C17H25NO2S/c1-17(2)8-3-4-12(5-9-17)18-10-6-14-13(7-11-21-14)15(18)16(19)20/h7,11-12,15H,3-6,8-10H2,1-2H3,(H,19,20). The first kappa shape index (κ1) is 15.0. The molecule has 0 aromatic carbocycles. The number of rotatable bonds is 2. The lowest BCUT2D eigenvalue weighted by Gasteiger charge is -2.39. The molecule has 3 rings (SSSR count). The van der Waals surface area contributed by atoms with Crippen LogP contribution in [-0.4, -0.2) is 28.6 Å². The maximum absolute atomic E-state index is 11.8. The molecule has 1 saturated carbocycles. The molecule has 0 radical (unpaired) electrons. The molecule has 2 heterocycles. The molecule has 0 spiro atoms. The van der Waals surface area contributed by atoms with Crippen molar-refractivity contribution in [1.29, 1.82) is 0 Å². The van der Waals surface area contributed by atoms with E-state index in [1.165, 1.54) is 24.1 Å². The number of carboxylic acids is 1. The summed E-state index contributed by atoms with van der Waals surface area (Å²) in [6.07, 6.45) is 6.98. The molecule has 0 amide bonds. The maximum Gasteiger partial charge on any atom is 0.325 e. The minimum absolute atomic E-state index is 0.413. The number of fused-ring (bicyclic) bond motifs is 1. The van der Waals surface area contributed by atoms with E-state index in [1.54, 1.807) is 11.3 Å². The summed E-state index contributed by atoms with van der Waals surface area (Å²) in [4.78, 5) is 15.4. The highest BCUT2D eigenvalue weighted by Gasteiger charge is 2.38. The van der Waals surface area contributed by atoms with Gasteiger partial charge in [0.05, 0.1) is 0 Å². The Kier molecular flexibility index (Phi) is 4.10.